The summed E-state index contributed by atoms with van der Waals surface area (Å²) in [5.74, 6) is -0.425. The molecule has 3 aromatic rings. The highest BCUT2D eigenvalue weighted by Crippen LogP contribution is 2.27. The number of nitrogens with one attached hydrogen (secondary N) is 1. The second-order valence-electron chi connectivity index (χ2n) is 10.0. The number of hydrogen-bond acceptors (Lipinski definition) is 6. The molecule has 43 heavy (non-hydrogen) atoms. The largest absolute Gasteiger partial charge is 0.497 e. The Hall–Kier alpha value is -4.12. The number of carbonyl (C=O) groups excluding carboxylic acids is 2. The Labute approximate surface area is 253 Å². The Morgan fingerprint density at radius 3 is 2.19 bits per heavy atom. The molecular weight excluding hydrogens is 573 g/mol. The summed E-state index contributed by atoms with van der Waals surface area (Å²) in [7, 11) is -2.77. The molecule has 2 atom stereocenters. The maximum atomic E-state index is 14.1. The fourth-order valence-electron chi connectivity index (χ4n) is 4.47. The number of rotatable bonds is 15. The standard InChI is InChI=1S/C32H40FN3O6S/c1-6-23(4)34-32(38)30(7-2)35(21-24-10-9-11-28(20-24)41-5)31(37)22-36(26-14-12-25(33)13-15-26)43(39,40)29-18-16-27(17-19-29)42-8-3/h9-20,23,30H,6-8,21-22H2,1-5H3,(H,34,38)/t23-,30+/m1/s1. The van der Waals surface area contributed by atoms with Gasteiger partial charge in [-0.25, -0.2) is 12.8 Å². The summed E-state index contributed by atoms with van der Waals surface area (Å²) in [6.07, 6.45) is 0.991. The van der Waals surface area contributed by atoms with Crippen LogP contribution in [-0.2, 0) is 26.2 Å². The van der Waals surface area contributed by atoms with Crippen LogP contribution in [0.25, 0.3) is 0 Å². The van der Waals surface area contributed by atoms with Crippen molar-refractivity contribution in [3.05, 3.63) is 84.2 Å². The minimum Gasteiger partial charge on any atom is -0.497 e. The molecule has 0 radical (unpaired) electrons. The van der Waals surface area contributed by atoms with Gasteiger partial charge < -0.3 is 19.7 Å². The molecule has 232 valence electrons. The summed E-state index contributed by atoms with van der Waals surface area (Å²) in [5.41, 5.74) is 0.798. The van der Waals surface area contributed by atoms with Gasteiger partial charge in [-0.15, -0.1) is 0 Å². The Kier molecular flexibility index (Phi) is 11.9. The van der Waals surface area contributed by atoms with Crippen molar-refractivity contribution < 1.29 is 31.9 Å². The van der Waals surface area contributed by atoms with E-state index in [1.54, 1.807) is 31.2 Å². The first-order valence-electron chi connectivity index (χ1n) is 14.3. The highest BCUT2D eigenvalue weighted by molar-refractivity contribution is 7.92. The van der Waals surface area contributed by atoms with E-state index in [0.717, 1.165) is 16.4 Å². The van der Waals surface area contributed by atoms with E-state index < -0.39 is 34.3 Å². The molecule has 0 unspecified atom stereocenters. The molecule has 11 heteroatoms. The summed E-state index contributed by atoms with van der Waals surface area (Å²) in [6.45, 7) is 7.24. The van der Waals surface area contributed by atoms with Gasteiger partial charge in [-0.1, -0.05) is 26.0 Å². The Morgan fingerprint density at radius 2 is 1.60 bits per heavy atom. The van der Waals surface area contributed by atoms with Crippen LogP contribution >= 0.6 is 0 Å². The Morgan fingerprint density at radius 1 is 0.930 bits per heavy atom. The third-order valence-corrected chi connectivity index (χ3v) is 8.78. The smallest absolute Gasteiger partial charge is 0.264 e. The first-order chi connectivity index (χ1) is 20.5. The average Bonchev–Trinajstić information content (AvgIpc) is 3.00. The van der Waals surface area contributed by atoms with Gasteiger partial charge in [0.05, 0.1) is 24.3 Å². The number of sulfonamides is 1. The number of ether oxygens (including phenoxy) is 2. The Bertz CT molecular complexity index is 1470. The number of hydrogen-bond donors (Lipinski definition) is 1. The van der Waals surface area contributed by atoms with Gasteiger partial charge in [0.1, 0.15) is 29.9 Å². The summed E-state index contributed by atoms with van der Waals surface area (Å²) < 4.78 is 53.5. The predicted molar refractivity (Wildman–Crippen MR) is 164 cm³/mol. The van der Waals surface area contributed by atoms with Gasteiger partial charge in [-0.05, 0) is 92.9 Å². The topological polar surface area (TPSA) is 105 Å². The lowest BCUT2D eigenvalue weighted by Gasteiger charge is -2.33. The third-order valence-electron chi connectivity index (χ3n) is 6.99. The molecule has 0 spiro atoms. The van der Waals surface area contributed by atoms with Crippen molar-refractivity contribution >= 4 is 27.5 Å². The summed E-state index contributed by atoms with van der Waals surface area (Å²) >= 11 is 0. The summed E-state index contributed by atoms with van der Waals surface area (Å²) in [4.78, 5) is 28.8. The first-order valence-corrected chi connectivity index (χ1v) is 15.7. The van der Waals surface area contributed by atoms with Crippen molar-refractivity contribution in [3.8, 4) is 11.5 Å². The minimum absolute atomic E-state index is 0.0306. The van der Waals surface area contributed by atoms with Gasteiger partial charge in [0.25, 0.3) is 10.0 Å². The molecule has 1 N–H and O–H groups in total. The highest BCUT2D eigenvalue weighted by Gasteiger charge is 2.34. The maximum Gasteiger partial charge on any atom is 0.264 e. The molecule has 2 amide bonds. The molecule has 3 rings (SSSR count). The molecule has 3 aromatic carbocycles. The molecule has 0 aliphatic carbocycles. The van der Waals surface area contributed by atoms with Crippen molar-refractivity contribution in [1.82, 2.24) is 10.2 Å². The molecule has 0 saturated carbocycles. The van der Waals surface area contributed by atoms with Crippen LogP contribution in [0.15, 0.2) is 77.7 Å². The maximum absolute atomic E-state index is 14.1. The molecule has 0 saturated heterocycles. The lowest BCUT2D eigenvalue weighted by molar-refractivity contribution is -0.140. The normalized spacial score (nSPS) is 12.6. The van der Waals surface area contributed by atoms with E-state index in [0.29, 0.717) is 36.5 Å². The van der Waals surface area contributed by atoms with Gasteiger partial charge >= 0.3 is 0 Å². The molecule has 0 fully saturated rings. The molecule has 0 aromatic heterocycles. The van der Waals surface area contributed by atoms with Gasteiger partial charge in [-0.2, -0.15) is 0 Å². The van der Waals surface area contributed by atoms with Crippen molar-refractivity contribution in [1.29, 1.82) is 0 Å². The van der Waals surface area contributed by atoms with Crippen molar-refractivity contribution in [2.24, 2.45) is 0 Å². The minimum atomic E-state index is -4.30. The second kappa shape index (κ2) is 15.4. The number of nitrogens with zero attached hydrogens (tertiary/aromatic N) is 2. The lowest BCUT2D eigenvalue weighted by Crippen LogP contribution is -2.53. The quantitative estimate of drug-likeness (QED) is 0.254. The second-order valence-corrected chi connectivity index (χ2v) is 11.9. The van der Waals surface area contributed by atoms with E-state index in [1.165, 1.54) is 48.4 Å². The predicted octanol–water partition coefficient (Wildman–Crippen LogP) is 5.15. The van der Waals surface area contributed by atoms with Crippen molar-refractivity contribution in [2.45, 2.75) is 64.1 Å². The molecular formula is C32H40FN3O6S. The molecule has 0 aliphatic heterocycles. The average molecular weight is 614 g/mol. The fourth-order valence-corrected chi connectivity index (χ4v) is 5.88. The van der Waals surface area contributed by atoms with Crippen molar-refractivity contribution in [2.75, 3.05) is 24.6 Å². The molecule has 0 aliphatic rings. The SMILES string of the molecule is CCOc1ccc(S(=O)(=O)N(CC(=O)N(Cc2cccc(OC)c2)[C@@H](CC)C(=O)N[C@H](C)CC)c2ccc(F)cc2)cc1. The third kappa shape index (κ3) is 8.70. The number of methoxy groups -OCH3 is 1. The zero-order chi connectivity index (χ0) is 31.6. The zero-order valence-corrected chi connectivity index (χ0v) is 26.1. The summed E-state index contributed by atoms with van der Waals surface area (Å²) in [5, 5.41) is 2.94. The van der Waals surface area contributed by atoms with E-state index in [1.807, 2.05) is 20.8 Å². The summed E-state index contributed by atoms with van der Waals surface area (Å²) in [6, 6.07) is 16.8. The molecule has 9 nitrogen and oxygen atoms in total. The van der Waals surface area contributed by atoms with E-state index >= 15 is 0 Å². The number of carbonyl (C=O) groups is 2. The molecule has 0 bridgehead atoms. The number of anilines is 1. The van der Waals surface area contributed by atoms with Gasteiger partial charge in [0, 0.05) is 12.6 Å². The van der Waals surface area contributed by atoms with Crippen LogP contribution in [0.3, 0.4) is 0 Å². The number of benzene rings is 3. The van der Waals surface area contributed by atoms with Gasteiger partial charge in [0.2, 0.25) is 11.8 Å². The van der Waals surface area contributed by atoms with E-state index in [-0.39, 0.29) is 29.1 Å². The van der Waals surface area contributed by atoms with Crippen LogP contribution in [0.5, 0.6) is 11.5 Å². The van der Waals surface area contributed by atoms with E-state index in [4.69, 9.17) is 9.47 Å². The highest BCUT2D eigenvalue weighted by atomic mass is 32.2. The van der Waals surface area contributed by atoms with Crippen LogP contribution in [0.2, 0.25) is 0 Å². The Balaban J connectivity index is 2.06. The van der Waals surface area contributed by atoms with Crippen LogP contribution < -0.4 is 19.1 Å². The monoisotopic (exact) mass is 613 g/mol. The van der Waals surface area contributed by atoms with Crippen LogP contribution in [0.1, 0.15) is 46.1 Å². The molecule has 0 heterocycles. The number of halogens is 1. The lowest BCUT2D eigenvalue weighted by atomic mass is 10.1. The van der Waals surface area contributed by atoms with Crippen LogP contribution in [0.4, 0.5) is 10.1 Å². The van der Waals surface area contributed by atoms with Crippen LogP contribution in [0, 0.1) is 5.82 Å². The van der Waals surface area contributed by atoms with Gasteiger partial charge in [0.15, 0.2) is 0 Å². The first kappa shape index (κ1) is 33.4. The zero-order valence-electron chi connectivity index (χ0n) is 25.2. The number of amides is 2. The van der Waals surface area contributed by atoms with E-state index in [9.17, 15) is 22.4 Å². The van der Waals surface area contributed by atoms with Crippen LogP contribution in [-0.4, -0.2) is 57.5 Å². The van der Waals surface area contributed by atoms with Gasteiger partial charge in [-0.3, -0.25) is 13.9 Å². The van der Waals surface area contributed by atoms with E-state index in [2.05, 4.69) is 5.32 Å². The van der Waals surface area contributed by atoms with Crippen molar-refractivity contribution in [3.63, 3.8) is 0 Å². The fraction of sp³-hybridized carbons (Fsp3) is 0.375.